The van der Waals surface area contributed by atoms with Crippen LogP contribution in [0.15, 0.2) is 31.0 Å². The zero-order valence-corrected chi connectivity index (χ0v) is 11.7. The van der Waals surface area contributed by atoms with Gasteiger partial charge in [-0.3, -0.25) is 9.36 Å². The molecule has 0 spiro atoms. The second-order valence-electron chi connectivity index (χ2n) is 5.32. The number of hydrogen-bond donors (Lipinski definition) is 1. The van der Waals surface area contributed by atoms with Crippen LogP contribution in [0.5, 0.6) is 0 Å². The van der Waals surface area contributed by atoms with Gasteiger partial charge in [-0.1, -0.05) is 0 Å². The summed E-state index contributed by atoms with van der Waals surface area (Å²) in [4.78, 5) is 24.3. The van der Waals surface area contributed by atoms with Gasteiger partial charge < -0.3 is 5.32 Å². The van der Waals surface area contributed by atoms with Gasteiger partial charge in [0.1, 0.15) is 12.0 Å². The molecule has 0 radical (unpaired) electrons. The van der Waals surface area contributed by atoms with Crippen LogP contribution in [-0.4, -0.2) is 37.4 Å². The largest absolute Gasteiger partial charge is 0.348 e. The lowest BCUT2D eigenvalue weighted by Crippen LogP contribution is -2.40. The smallest absolute Gasteiger partial charge is 0.270 e. The highest BCUT2D eigenvalue weighted by Crippen LogP contribution is 2.33. The molecule has 1 amide bonds. The van der Waals surface area contributed by atoms with E-state index in [2.05, 4.69) is 20.3 Å². The van der Waals surface area contributed by atoms with E-state index in [0.29, 0.717) is 5.95 Å². The Morgan fingerprint density at radius 3 is 2.77 bits per heavy atom. The summed E-state index contributed by atoms with van der Waals surface area (Å²) in [6.45, 7) is 0. The molecule has 3 rings (SSSR count). The van der Waals surface area contributed by atoms with Crippen LogP contribution in [0.4, 0.5) is 8.78 Å². The van der Waals surface area contributed by atoms with Gasteiger partial charge in [-0.25, -0.2) is 23.7 Å². The molecule has 2 aromatic rings. The van der Waals surface area contributed by atoms with Crippen molar-refractivity contribution in [1.29, 1.82) is 0 Å². The van der Waals surface area contributed by atoms with Gasteiger partial charge in [-0.2, -0.15) is 0 Å². The minimum Gasteiger partial charge on any atom is -0.348 e. The van der Waals surface area contributed by atoms with Crippen molar-refractivity contribution in [3.8, 4) is 5.95 Å². The quantitative estimate of drug-likeness (QED) is 0.941. The van der Waals surface area contributed by atoms with E-state index >= 15 is 0 Å². The van der Waals surface area contributed by atoms with E-state index in [1.807, 2.05) is 0 Å². The van der Waals surface area contributed by atoms with Gasteiger partial charge in [0.2, 0.25) is 11.9 Å². The minimum absolute atomic E-state index is 0.192. The van der Waals surface area contributed by atoms with Crippen LogP contribution >= 0.6 is 0 Å². The number of halogens is 2. The molecule has 0 saturated heterocycles. The highest BCUT2D eigenvalue weighted by molar-refractivity contribution is 5.92. The Morgan fingerprint density at radius 2 is 2.09 bits per heavy atom. The summed E-state index contributed by atoms with van der Waals surface area (Å²) in [5.41, 5.74) is 0.205. The van der Waals surface area contributed by atoms with Crippen molar-refractivity contribution in [2.45, 2.75) is 37.6 Å². The summed E-state index contributed by atoms with van der Waals surface area (Å²) < 4.78 is 27.8. The number of nitrogens with zero attached hydrogens (tertiary/aromatic N) is 4. The molecule has 1 saturated carbocycles. The summed E-state index contributed by atoms with van der Waals surface area (Å²) in [6.07, 6.45) is 6.42. The van der Waals surface area contributed by atoms with E-state index in [1.165, 1.54) is 18.6 Å². The monoisotopic (exact) mass is 307 g/mol. The predicted molar refractivity (Wildman–Crippen MR) is 73.8 cm³/mol. The van der Waals surface area contributed by atoms with Crippen LogP contribution in [0.3, 0.4) is 0 Å². The molecule has 116 valence electrons. The van der Waals surface area contributed by atoms with Gasteiger partial charge >= 0.3 is 0 Å². The summed E-state index contributed by atoms with van der Waals surface area (Å²) in [5.74, 6) is -2.65. The second kappa shape index (κ2) is 5.78. The first-order chi connectivity index (χ1) is 10.5. The van der Waals surface area contributed by atoms with Crippen molar-refractivity contribution in [1.82, 2.24) is 24.8 Å². The van der Waals surface area contributed by atoms with Crippen LogP contribution in [0.25, 0.3) is 5.95 Å². The lowest BCUT2D eigenvalue weighted by atomic mass is 9.92. The number of carbonyl (C=O) groups excluding carboxylic acids is 1. The molecule has 2 aromatic heterocycles. The molecule has 0 unspecified atom stereocenters. The van der Waals surface area contributed by atoms with Crippen molar-refractivity contribution in [3.63, 3.8) is 0 Å². The number of rotatable bonds is 3. The van der Waals surface area contributed by atoms with E-state index in [0.717, 1.165) is 0 Å². The molecule has 0 aromatic carbocycles. The molecule has 1 aliphatic carbocycles. The predicted octanol–water partition coefficient (Wildman–Crippen LogP) is 1.97. The maximum absolute atomic E-state index is 13.1. The Morgan fingerprint density at radius 1 is 1.32 bits per heavy atom. The summed E-state index contributed by atoms with van der Waals surface area (Å²) in [6, 6.07) is 1.26. The topological polar surface area (TPSA) is 72.7 Å². The summed E-state index contributed by atoms with van der Waals surface area (Å²) in [5, 5.41) is 2.76. The number of alkyl halides is 2. The number of hydrogen-bond acceptors (Lipinski definition) is 4. The molecule has 8 heteroatoms. The molecular formula is C14H15F2N5O. The van der Waals surface area contributed by atoms with E-state index in [9.17, 15) is 13.6 Å². The molecule has 1 N–H and O–H groups in total. The molecule has 0 aliphatic heterocycles. The third kappa shape index (κ3) is 3.26. The minimum atomic E-state index is -2.61. The van der Waals surface area contributed by atoms with Gasteiger partial charge in [0, 0.05) is 37.5 Å². The molecule has 1 fully saturated rings. The van der Waals surface area contributed by atoms with Gasteiger partial charge in [0.05, 0.1) is 0 Å². The number of carbonyl (C=O) groups is 1. The van der Waals surface area contributed by atoms with Crippen molar-refractivity contribution >= 4 is 5.91 Å². The molecule has 22 heavy (non-hydrogen) atoms. The molecular weight excluding hydrogens is 292 g/mol. The molecule has 1 aliphatic rings. The van der Waals surface area contributed by atoms with Crippen molar-refractivity contribution in [2.75, 3.05) is 0 Å². The van der Waals surface area contributed by atoms with Crippen LogP contribution in [0, 0.1) is 0 Å². The van der Waals surface area contributed by atoms with E-state index in [-0.39, 0.29) is 43.3 Å². The third-order valence-electron chi connectivity index (χ3n) is 3.66. The highest BCUT2D eigenvalue weighted by Gasteiger charge is 2.35. The first-order valence-electron chi connectivity index (χ1n) is 7.04. The maximum Gasteiger partial charge on any atom is 0.270 e. The van der Waals surface area contributed by atoms with Crippen molar-refractivity contribution < 1.29 is 13.6 Å². The third-order valence-corrected chi connectivity index (χ3v) is 3.66. The Bertz CT molecular complexity index is 649. The van der Waals surface area contributed by atoms with Crippen LogP contribution < -0.4 is 5.32 Å². The Balaban J connectivity index is 1.67. The van der Waals surface area contributed by atoms with E-state index in [4.69, 9.17) is 0 Å². The first-order valence-corrected chi connectivity index (χ1v) is 7.04. The zero-order valence-electron chi connectivity index (χ0n) is 11.7. The standard InChI is InChI=1S/C14H15F2N5O/c15-14(16)4-1-10(2-5-14)19-12(22)11-3-6-18-13(20-11)21-8-7-17-9-21/h3,6-10H,1-2,4-5H2,(H,19,22). The van der Waals surface area contributed by atoms with Crippen molar-refractivity contribution in [2.24, 2.45) is 0 Å². The molecule has 0 atom stereocenters. The SMILES string of the molecule is O=C(NC1CCC(F)(F)CC1)c1ccnc(-n2ccnc2)n1. The molecule has 2 heterocycles. The average Bonchev–Trinajstić information content (AvgIpc) is 3.04. The van der Waals surface area contributed by atoms with Crippen LogP contribution in [0.1, 0.15) is 36.2 Å². The highest BCUT2D eigenvalue weighted by atomic mass is 19.3. The van der Waals surface area contributed by atoms with Crippen molar-refractivity contribution in [3.05, 3.63) is 36.7 Å². The van der Waals surface area contributed by atoms with Gasteiger partial charge in [-0.15, -0.1) is 0 Å². The van der Waals surface area contributed by atoms with Gasteiger partial charge in [0.25, 0.3) is 5.91 Å². The van der Waals surface area contributed by atoms with E-state index in [1.54, 1.807) is 17.0 Å². The number of amides is 1. The lowest BCUT2D eigenvalue weighted by Gasteiger charge is -2.28. The van der Waals surface area contributed by atoms with Crippen LogP contribution in [-0.2, 0) is 0 Å². The number of nitrogens with one attached hydrogen (secondary N) is 1. The van der Waals surface area contributed by atoms with E-state index < -0.39 is 5.92 Å². The molecule has 6 nitrogen and oxygen atoms in total. The maximum atomic E-state index is 13.1. The lowest BCUT2D eigenvalue weighted by molar-refractivity contribution is -0.0399. The first kappa shape index (κ1) is 14.6. The fraction of sp³-hybridized carbons (Fsp3) is 0.429. The second-order valence-corrected chi connectivity index (χ2v) is 5.32. The molecule has 0 bridgehead atoms. The Hall–Kier alpha value is -2.38. The summed E-state index contributed by atoms with van der Waals surface area (Å²) >= 11 is 0. The number of imidazole rings is 1. The fourth-order valence-electron chi connectivity index (χ4n) is 2.42. The normalized spacial score (nSPS) is 18.1. The summed E-state index contributed by atoms with van der Waals surface area (Å²) in [7, 11) is 0. The van der Waals surface area contributed by atoms with Crippen LogP contribution in [0.2, 0.25) is 0 Å². The Kier molecular flexibility index (Phi) is 3.82. The Labute approximate surface area is 125 Å². The number of aromatic nitrogens is 4. The van der Waals surface area contributed by atoms with Gasteiger partial charge in [-0.05, 0) is 18.9 Å². The zero-order chi connectivity index (χ0) is 15.6. The average molecular weight is 307 g/mol. The van der Waals surface area contributed by atoms with Gasteiger partial charge in [0.15, 0.2) is 0 Å². The fourth-order valence-corrected chi connectivity index (χ4v) is 2.42.